The molecule has 32 heavy (non-hydrogen) atoms. The van der Waals surface area contributed by atoms with Crippen LogP contribution in [0.2, 0.25) is 0 Å². The van der Waals surface area contributed by atoms with Crippen molar-refractivity contribution in [3.8, 4) is 5.69 Å². The molecule has 1 aliphatic rings. The number of aromatic nitrogens is 6. The smallest absolute Gasteiger partial charge is 0.229 e. The van der Waals surface area contributed by atoms with Crippen LogP contribution >= 0.6 is 11.3 Å². The number of hydrogen-bond donors (Lipinski definition) is 3. The third-order valence-corrected chi connectivity index (χ3v) is 6.35. The lowest BCUT2D eigenvalue weighted by molar-refractivity contribution is 0.480. The van der Waals surface area contributed by atoms with Crippen molar-refractivity contribution in [2.75, 3.05) is 29.9 Å². The highest BCUT2D eigenvalue weighted by molar-refractivity contribution is 7.08. The topological polar surface area (TPSA) is 99.6 Å². The Hall–Kier alpha value is -3.50. The van der Waals surface area contributed by atoms with Crippen molar-refractivity contribution in [2.24, 2.45) is 0 Å². The van der Waals surface area contributed by atoms with E-state index in [9.17, 15) is 0 Å². The Morgan fingerprint density at radius 1 is 1.19 bits per heavy atom. The summed E-state index contributed by atoms with van der Waals surface area (Å²) in [4.78, 5) is 24.7. The molecule has 0 radical (unpaired) electrons. The summed E-state index contributed by atoms with van der Waals surface area (Å²) in [6.45, 7) is 5.34. The molecule has 0 saturated carbocycles. The van der Waals surface area contributed by atoms with E-state index in [0.29, 0.717) is 18.4 Å². The number of para-hydroxylation sites is 2. The molecular weight excluding hydrogens is 422 g/mol. The van der Waals surface area contributed by atoms with Gasteiger partial charge in [0.05, 0.1) is 23.3 Å². The molecule has 5 heterocycles. The van der Waals surface area contributed by atoms with Gasteiger partial charge in [-0.1, -0.05) is 12.1 Å². The monoisotopic (exact) mass is 445 g/mol. The van der Waals surface area contributed by atoms with Gasteiger partial charge in [-0.15, -0.1) is 0 Å². The van der Waals surface area contributed by atoms with Gasteiger partial charge in [0.2, 0.25) is 5.95 Å². The Morgan fingerprint density at radius 2 is 2.12 bits per heavy atom. The number of fused-ring (bicyclic) bond motifs is 2. The first-order valence-corrected chi connectivity index (χ1v) is 11.6. The normalized spacial score (nSPS) is 16.8. The zero-order chi connectivity index (χ0) is 21.5. The minimum atomic E-state index is 0.386. The van der Waals surface area contributed by atoms with Crippen LogP contribution in [-0.2, 0) is 6.54 Å². The molecule has 1 fully saturated rings. The van der Waals surface area contributed by atoms with Gasteiger partial charge in [-0.25, -0.2) is 9.97 Å². The summed E-state index contributed by atoms with van der Waals surface area (Å²) >= 11 is 1.65. The van der Waals surface area contributed by atoms with Crippen LogP contribution in [-0.4, -0.2) is 55.2 Å². The fourth-order valence-corrected chi connectivity index (χ4v) is 4.74. The summed E-state index contributed by atoms with van der Waals surface area (Å²) in [6.07, 6.45) is 1.82. The molecule has 9 nitrogen and oxygen atoms in total. The number of H-pyrrole nitrogens is 1. The van der Waals surface area contributed by atoms with Gasteiger partial charge in [0, 0.05) is 31.1 Å². The Kier molecular flexibility index (Phi) is 4.73. The molecule has 162 valence electrons. The maximum absolute atomic E-state index is 4.93. The van der Waals surface area contributed by atoms with E-state index in [2.05, 4.69) is 54.2 Å². The van der Waals surface area contributed by atoms with Gasteiger partial charge in [-0.2, -0.15) is 21.3 Å². The summed E-state index contributed by atoms with van der Waals surface area (Å²) < 4.78 is 2.02. The van der Waals surface area contributed by atoms with E-state index in [0.717, 1.165) is 59.3 Å². The van der Waals surface area contributed by atoms with Gasteiger partial charge < -0.3 is 20.5 Å². The lowest BCUT2D eigenvalue weighted by Gasteiger charge is -2.32. The molecule has 0 amide bonds. The lowest BCUT2D eigenvalue weighted by Crippen LogP contribution is -2.49. The largest absolute Gasteiger partial charge is 0.361 e. The van der Waals surface area contributed by atoms with E-state index in [-0.39, 0.29) is 0 Å². The first-order chi connectivity index (χ1) is 15.7. The van der Waals surface area contributed by atoms with Crippen molar-refractivity contribution < 1.29 is 0 Å². The number of rotatable bonds is 5. The van der Waals surface area contributed by atoms with Crippen LogP contribution in [0.15, 0.2) is 47.4 Å². The van der Waals surface area contributed by atoms with Crippen LogP contribution in [0.5, 0.6) is 0 Å². The average molecular weight is 446 g/mol. The van der Waals surface area contributed by atoms with Crippen LogP contribution in [0.3, 0.4) is 0 Å². The van der Waals surface area contributed by atoms with Crippen molar-refractivity contribution in [2.45, 2.75) is 19.5 Å². The summed E-state index contributed by atoms with van der Waals surface area (Å²) in [5, 5.41) is 11.1. The molecule has 3 N–H and O–H groups in total. The van der Waals surface area contributed by atoms with Crippen molar-refractivity contribution in [3.05, 3.63) is 53.2 Å². The third kappa shape index (κ3) is 3.47. The number of piperazine rings is 1. The van der Waals surface area contributed by atoms with Gasteiger partial charge in [-0.3, -0.25) is 4.57 Å². The number of benzene rings is 1. The van der Waals surface area contributed by atoms with Crippen molar-refractivity contribution in [1.29, 1.82) is 0 Å². The Labute approximate surface area is 188 Å². The number of thiophene rings is 1. The Morgan fingerprint density at radius 3 is 2.97 bits per heavy atom. The van der Waals surface area contributed by atoms with Crippen molar-refractivity contribution in [3.63, 3.8) is 0 Å². The number of nitrogens with zero attached hydrogens (tertiary/aromatic N) is 6. The maximum Gasteiger partial charge on any atom is 0.229 e. The van der Waals surface area contributed by atoms with E-state index in [1.807, 2.05) is 35.2 Å². The SMILES string of the molecule is CC1CN(c2nc(NCc3nc4ccccc4[nH]3)c3ncn(-c4ccsc4)c3n2)CCN1. The fraction of sp³-hybridized carbons (Fsp3) is 0.273. The van der Waals surface area contributed by atoms with E-state index in [4.69, 9.17) is 9.97 Å². The second-order valence-corrected chi connectivity index (χ2v) is 8.78. The molecule has 1 aromatic carbocycles. The molecule has 1 unspecified atom stereocenters. The number of aromatic amines is 1. The molecule has 5 aromatic rings. The van der Waals surface area contributed by atoms with Gasteiger partial charge in [0.25, 0.3) is 0 Å². The third-order valence-electron chi connectivity index (χ3n) is 5.68. The van der Waals surface area contributed by atoms with Crippen molar-refractivity contribution in [1.82, 2.24) is 34.8 Å². The van der Waals surface area contributed by atoms with Crippen molar-refractivity contribution >= 4 is 45.3 Å². The van der Waals surface area contributed by atoms with Crippen LogP contribution in [0.4, 0.5) is 11.8 Å². The molecule has 6 rings (SSSR count). The van der Waals surface area contributed by atoms with Gasteiger partial charge >= 0.3 is 0 Å². The van der Waals surface area contributed by atoms with Crippen LogP contribution < -0.4 is 15.5 Å². The van der Waals surface area contributed by atoms with Gasteiger partial charge in [0.1, 0.15) is 12.2 Å². The number of imidazole rings is 2. The maximum atomic E-state index is 4.93. The molecule has 1 saturated heterocycles. The number of hydrogen-bond acceptors (Lipinski definition) is 8. The zero-order valence-electron chi connectivity index (χ0n) is 17.6. The van der Waals surface area contributed by atoms with Crippen LogP contribution in [0, 0.1) is 0 Å². The highest BCUT2D eigenvalue weighted by Crippen LogP contribution is 2.26. The second kappa shape index (κ2) is 7.88. The van der Waals surface area contributed by atoms with Gasteiger partial charge in [-0.05, 0) is 30.5 Å². The predicted molar refractivity (Wildman–Crippen MR) is 128 cm³/mol. The highest BCUT2D eigenvalue weighted by atomic mass is 32.1. The molecule has 0 spiro atoms. The van der Waals surface area contributed by atoms with E-state index >= 15 is 0 Å². The molecule has 1 aliphatic heterocycles. The standard InChI is InChI=1S/C22H23N9S/c1-14-11-30(8-7-23-14)22-28-20(24-10-18-26-16-4-2-3-5-17(16)27-18)19-21(29-22)31(13-25-19)15-6-9-32-12-15/h2-6,9,12-14,23H,7-8,10-11H2,1H3,(H,26,27)(H,24,28,29). The lowest BCUT2D eigenvalue weighted by atomic mass is 10.2. The summed E-state index contributed by atoms with van der Waals surface area (Å²) in [5.41, 5.74) is 4.58. The number of nitrogens with one attached hydrogen (secondary N) is 3. The van der Waals surface area contributed by atoms with Gasteiger partial charge in [0.15, 0.2) is 17.0 Å². The first kappa shape index (κ1) is 19.2. The zero-order valence-corrected chi connectivity index (χ0v) is 18.4. The van der Waals surface area contributed by atoms with Crippen LogP contribution in [0.25, 0.3) is 27.9 Å². The molecule has 0 bridgehead atoms. The first-order valence-electron chi connectivity index (χ1n) is 10.7. The summed E-state index contributed by atoms with van der Waals surface area (Å²) in [7, 11) is 0. The molecule has 0 aliphatic carbocycles. The minimum absolute atomic E-state index is 0.386. The Balaban J connectivity index is 1.39. The average Bonchev–Trinajstić information content (AvgIpc) is 3.56. The summed E-state index contributed by atoms with van der Waals surface area (Å²) in [5.74, 6) is 2.29. The summed E-state index contributed by atoms with van der Waals surface area (Å²) in [6, 6.07) is 10.5. The molecule has 1 atom stereocenters. The highest BCUT2D eigenvalue weighted by Gasteiger charge is 2.22. The minimum Gasteiger partial charge on any atom is -0.361 e. The Bertz CT molecular complexity index is 1340. The quantitative estimate of drug-likeness (QED) is 0.382. The molecule has 10 heteroatoms. The molecular formula is C22H23N9S. The van der Waals surface area contributed by atoms with E-state index < -0.39 is 0 Å². The second-order valence-electron chi connectivity index (χ2n) is 8.00. The van der Waals surface area contributed by atoms with E-state index in [1.165, 1.54) is 0 Å². The van der Waals surface area contributed by atoms with Crippen LogP contribution in [0.1, 0.15) is 12.7 Å². The molecule has 4 aromatic heterocycles. The predicted octanol–water partition coefficient (Wildman–Crippen LogP) is 3.16. The number of anilines is 2. The fourth-order valence-electron chi connectivity index (χ4n) is 4.11. The van der Waals surface area contributed by atoms with E-state index in [1.54, 1.807) is 11.3 Å².